The summed E-state index contributed by atoms with van der Waals surface area (Å²) < 4.78 is 6.97. The molecule has 0 spiro atoms. The number of carbonyl (C=O) groups is 1. The molecule has 11 heteroatoms. The van der Waals surface area contributed by atoms with E-state index in [4.69, 9.17) is 15.5 Å². The van der Waals surface area contributed by atoms with E-state index in [1.807, 2.05) is 58.3 Å². The molecule has 2 aliphatic heterocycles. The fourth-order valence-electron chi connectivity index (χ4n) is 5.86. The predicted molar refractivity (Wildman–Crippen MR) is 166 cm³/mol. The summed E-state index contributed by atoms with van der Waals surface area (Å²) >= 11 is 0. The lowest BCUT2D eigenvalue weighted by atomic mass is 10.1. The van der Waals surface area contributed by atoms with E-state index in [-0.39, 0.29) is 28.9 Å². The third-order valence-corrected chi connectivity index (χ3v) is 8.01. The van der Waals surface area contributed by atoms with Gasteiger partial charge in [0.05, 0.1) is 35.8 Å². The van der Waals surface area contributed by atoms with Gasteiger partial charge in [0.1, 0.15) is 29.6 Å². The van der Waals surface area contributed by atoms with Gasteiger partial charge in [-0.05, 0) is 43.5 Å². The number of morpholine rings is 1. The Bertz CT molecular complexity index is 1850. The number of nitrogens with zero attached hydrogens (tertiary/aromatic N) is 7. The van der Waals surface area contributed by atoms with E-state index >= 15 is 0 Å². The van der Waals surface area contributed by atoms with Gasteiger partial charge in [0, 0.05) is 38.0 Å². The molecule has 1 unspecified atom stereocenters. The molecule has 6 rings (SSSR count). The number of rotatable bonds is 6. The standard InChI is InChI=1S/C33H32N8O3/c34-21-25-30(35)36-22-37-31(25)40-16-8-14-27(40)32-38-26-13-7-10-23(29(26)33(43)41(32)24-11-4-2-5-12-24)9-3-1-6-15-28(42)39-17-19-44-20-18-39/h2,4-5,7,10-13,22,27H,1,6,8,14-20H2,(H2,35,36,37). The number of hydrogen-bond acceptors (Lipinski definition) is 9. The highest BCUT2D eigenvalue weighted by atomic mass is 16.5. The SMILES string of the molecule is N#Cc1c(N)ncnc1N1CCCC1c1nc2cccc(C#CCCCC(=O)N3CCOCC3)c2c(=O)n1-c1ccccc1. The van der Waals surface area contributed by atoms with Crippen molar-refractivity contribution >= 4 is 28.4 Å². The van der Waals surface area contributed by atoms with Crippen LogP contribution in [0.1, 0.15) is 55.1 Å². The number of benzene rings is 2. The Morgan fingerprint density at radius 3 is 2.68 bits per heavy atom. The van der Waals surface area contributed by atoms with Crippen LogP contribution < -0.4 is 16.2 Å². The zero-order valence-electron chi connectivity index (χ0n) is 24.3. The average molecular weight is 589 g/mol. The lowest BCUT2D eigenvalue weighted by Crippen LogP contribution is -2.40. The summed E-state index contributed by atoms with van der Waals surface area (Å²) in [5.74, 6) is 7.57. The maximum absolute atomic E-state index is 14.4. The Kier molecular flexibility index (Phi) is 8.48. The van der Waals surface area contributed by atoms with E-state index in [0.29, 0.717) is 92.3 Å². The predicted octanol–water partition coefficient (Wildman–Crippen LogP) is 3.35. The summed E-state index contributed by atoms with van der Waals surface area (Å²) in [5, 5.41) is 10.2. The van der Waals surface area contributed by atoms with Gasteiger partial charge < -0.3 is 20.3 Å². The number of aromatic nitrogens is 4. The summed E-state index contributed by atoms with van der Waals surface area (Å²) in [4.78, 5) is 44.1. The molecule has 2 aliphatic rings. The van der Waals surface area contributed by atoms with Crippen molar-refractivity contribution in [3.63, 3.8) is 0 Å². The molecule has 1 atom stereocenters. The summed E-state index contributed by atoms with van der Waals surface area (Å²) in [7, 11) is 0. The molecule has 0 saturated carbocycles. The highest BCUT2D eigenvalue weighted by Crippen LogP contribution is 2.37. The van der Waals surface area contributed by atoms with Gasteiger partial charge in [0.2, 0.25) is 5.91 Å². The second-order valence-electron chi connectivity index (χ2n) is 10.7. The molecular formula is C33H32N8O3. The van der Waals surface area contributed by atoms with E-state index in [0.717, 1.165) is 6.42 Å². The maximum Gasteiger partial charge on any atom is 0.267 e. The molecule has 0 bridgehead atoms. The summed E-state index contributed by atoms with van der Waals surface area (Å²) in [6.07, 6.45) is 4.48. The van der Waals surface area contributed by atoms with Crippen LogP contribution in [-0.4, -0.2) is 63.2 Å². The third kappa shape index (κ3) is 5.70. The average Bonchev–Trinajstić information content (AvgIpc) is 3.55. The molecule has 222 valence electrons. The molecule has 0 radical (unpaired) electrons. The van der Waals surface area contributed by atoms with Crippen LogP contribution in [0.2, 0.25) is 0 Å². The van der Waals surface area contributed by atoms with Crippen LogP contribution in [0.25, 0.3) is 16.6 Å². The van der Waals surface area contributed by atoms with E-state index < -0.39 is 0 Å². The van der Waals surface area contributed by atoms with E-state index in [2.05, 4.69) is 27.9 Å². The molecule has 2 aromatic carbocycles. The van der Waals surface area contributed by atoms with Crippen molar-refractivity contribution in [2.24, 2.45) is 0 Å². The molecule has 2 aromatic heterocycles. The van der Waals surface area contributed by atoms with Gasteiger partial charge in [0.15, 0.2) is 5.82 Å². The number of carbonyl (C=O) groups excluding carboxylic acids is 1. The van der Waals surface area contributed by atoms with Gasteiger partial charge in [0.25, 0.3) is 5.56 Å². The Morgan fingerprint density at radius 1 is 1.07 bits per heavy atom. The zero-order valence-corrected chi connectivity index (χ0v) is 24.3. The molecule has 4 heterocycles. The van der Waals surface area contributed by atoms with E-state index in [9.17, 15) is 14.9 Å². The summed E-state index contributed by atoms with van der Waals surface area (Å²) in [5.41, 5.74) is 7.82. The molecule has 2 saturated heterocycles. The first kappa shape index (κ1) is 28.8. The zero-order chi connectivity index (χ0) is 30.5. The Hall–Kier alpha value is -5.26. The first-order chi connectivity index (χ1) is 21.6. The van der Waals surface area contributed by atoms with Crippen LogP contribution in [0, 0.1) is 23.2 Å². The smallest absolute Gasteiger partial charge is 0.267 e. The van der Waals surface area contributed by atoms with E-state index in [1.165, 1.54) is 6.33 Å². The molecule has 1 amide bonds. The van der Waals surface area contributed by atoms with Gasteiger partial charge >= 0.3 is 0 Å². The summed E-state index contributed by atoms with van der Waals surface area (Å²) in [6.45, 7) is 3.05. The Morgan fingerprint density at radius 2 is 1.89 bits per heavy atom. The number of nitrogens with two attached hydrogens (primary N) is 1. The normalized spacial score (nSPS) is 16.4. The van der Waals surface area contributed by atoms with Gasteiger partial charge in [-0.2, -0.15) is 5.26 Å². The first-order valence-corrected chi connectivity index (χ1v) is 14.8. The minimum atomic E-state index is -0.326. The molecule has 4 aromatic rings. The van der Waals surface area contributed by atoms with Crippen LogP contribution in [0.3, 0.4) is 0 Å². The number of hydrogen-bond donors (Lipinski definition) is 1. The topological polar surface area (TPSA) is 143 Å². The number of amides is 1. The molecular weight excluding hydrogens is 556 g/mol. The fraction of sp³-hybridized carbons (Fsp3) is 0.333. The minimum Gasteiger partial charge on any atom is -0.382 e. The number of unbranched alkanes of at least 4 members (excludes halogenated alkanes) is 1. The van der Waals surface area contributed by atoms with Gasteiger partial charge in [-0.25, -0.2) is 15.0 Å². The first-order valence-electron chi connectivity index (χ1n) is 14.8. The van der Waals surface area contributed by atoms with Crippen LogP contribution >= 0.6 is 0 Å². The van der Waals surface area contributed by atoms with Crippen molar-refractivity contribution < 1.29 is 9.53 Å². The van der Waals surface area contributed by atoms with Gasteiger partial charge in [-0.15, -0.1) is 0 Å². The maximum atomic E-state index is 14.4. The van der Waals surface area contributed by atoms with E-state index in [1.54, 1.807) is 4.57 Å². The third-order valence-electron chi connectivity index (χ3n) is 8.01. The molecule has 2 fully saturated rings. The number of nitrogen functional groups attached to an aromatic ring is 1. The van der Waals surface area contributed by atoms with Crippen LogP contribution in [0.4, 0.5) is 11.6 Å². The highest BCUT2D eigenvalue weighted by Gasteiger charge is 2.34. The molecule has 44 heavy (non-hydrogen) atoms. The van der Waals surface area contributed by atoms with Gasteiger partial charge in [-0.3, -0.25) is 14.2 Å². The van der Waals surface area contributed by atoms with Crippen molar-refractivity contribution in [1.29, 1.82) is 5.26 Å². The lowest BCUT2D eigenvalue weighted by molar-refractivity contribution is -0.135. The number of anilines is 2. The van der Waals surface area contributed by atoms with Crippen molar-refractivity contribution in [2.45, 2.75) is 38.1 Å². The molecule has 2 N–H and O–H groups in total. The van der Waals surface area contributed by atoms with Crippen molar-refractivity contribution in [3.8, 4) is 23.6 Å². The largest absolute Gasteiger partial charge is 0.382 e. The van der Waals surface area contributed by atoms with Crippen LogP contribution in [-0.2, 0) is 9.53 Å². The second kappa shape index (κ2) is 12.9. The number of fused-ring (bicyclic) bond motifs is 1. The summed E-state index contributed by atoms with van der Waals surface area (Å²) in [6, 6.07) is 16.7. The quantitative estimate of drug-likeness (QED) is 0.265. The van der Waals surface area contributed by atoms with Crippen LogP contribution in [0.5, 0.6) is 0 Å². The Labute approximate surface area is 254 Å². The molecule has 11 nitrogen and oxygen atoms in total. The van der Waals surface area contributed by atoms with Crippen molar-refractivity contribution in [3.05, 3.63) is 82.2 Å². The Balaban J connectivity index is 1.36. The van der Waals surface area contributed by atoms with Crippen molar-refractivity contribution in [1.82, 2.24) is 24.4 Å². The number of para-hydroxylation sites is 1. The molecule has 0 aliphatic carbocycles. The lowest BCUT2D eigenvalue weighted by Gasteiger charge is -2.28. The monoisotopic (exact) mass is 588 g/mol. The second-order valence-corrected chi connectivity index (χ2v) is 10.7. The number of ether oxygens (including phenoxy) is 1. The van der Waals surface area contributed by atoms with Crippen LogP contribution in [0.15, 0.2) is 59.7 Å². The van der Waals surface area contributed by atoms with Crippen molar-refractivity contribution in [2.75, 3.05) is 43.5 Å². The fourth-order valence-corrected chi connectivity index (χ4v) is 5.86. The number of nitriles is 1. The highest BCUT2D eigenvalue weighted by molar-refractivity contribution is 5.85. The minimum absolute atomic E-state index is 0.115. The van der Waals surface area contributed by atoms with Gasteiger partial charge in [-0.1, -0.05) is 36.1 Å².